The van der Waals surface area contributed by atoms with Crippen molar-refractivity contribution in [3.8, 4) is 0 Å². The fourth-order valence-corrected chi connectivity index (χ4v) is 1.69. The van der Waals surface area contributed by atoms with E-state index in [1.165, 1.54) is 7.11 Å². The molecular weight excluding hydrogens is 170 g/mol. The average Bonchev–Trinajstić information content (AvgIpc) is 2.18. The number of nitrogens with one attached hydrogen (secondary N) is 1. The maximum atomic E-state index is 11.0. The number of hydrogen-bond acceptors (Lipinski definition) is 4. The van der Waals surface area contributed by atoms with Gasteiger partial charge in [0.15, 0.2) is 0 Å². The van der Waals surface area contributed by atoms with Crippen LogP contribution >= 0.6 is 0 Å². The van der Waals surface area contributed by atoms with Crippen LogP contribution in [0, 0.1) is 5.92 Å². The lowest BCUT2D eigenvalue weighted by Crippen LogP contribution is -2.42. The van der Waals surface area contributed by atoms with Gasteiger partial charge < -0.3 is 14.8 Å². The third-order valence-electron chi connectivity index (χ3n) is 2.52. The van der Waals surface area contributed by atoms with E-state index in [9.17, 15) is 4.79 Å². The second-order valence-corrected chi connectivity index (χ2v) is 3.31. The lowest BCUT2D eigenvalue weighted by molar-refractivity contribution is -0.143. The minimum Gasteiger partial charge on any atom is -0.469 e. The number of ether oxygens (including phenoxy) is 2. The molecule has 0 aliphatic carbocycles. The molecule has 1 aliphatic heterocycles. The summed E-state index contributed by atoms with van der Waals surface area (Å²) in [6.07, 6.45) is 1.59. The summed E-state index contributed by atoms with van der Waals surface area (Å²) in [4.78, 5) is 11.0. The zero-order valence-corrected chi connectivity index (χ0v) is 8.21. The van der Waals surface area contributed by atoms with Crippen molar-refractivity contribution in [3.05, 3.63) is 0 Å². The molecule has 0 amide bonds. The number of rotatable bonds is 3. The standard InChI is InChI=1S/C9H17NO3/c1-12-8-6-10-4-3-7(8)5-9(11)13-2/h7-8,10H,3-6H2,1-2H3/t7-,8+/m1/s1. The largest absolute Gasteiger partial charge is 0.469 e. The molecule has 0 spiro atoms. The van der Waals surface area contributed by atoms with E-state index in [-0.39, 0.29) is 12.1 Å². The first-order chi connectivity index (χ1) is 6.27. The Balaban J connectivity index is 2.40. The van der Waals surface area contributed by atoms with Gasteiger partial charge in [0.2, 0.25) is 0 Å². The van der Waals surface area contributed by atoms with Crippen LogP contribution in [-0.2, 0) is 14.3 Å². The zero-order valence-electron chi connectivity index (χ0n) is 8.21. The van der Waals surface area contributed by atoms with Crippen LogP contribution in [-0.4, -0.2) is 39.4 Å². The normalized spacial score (nSPS) is 28.5. The van der Waals surface area contributed by atoms with Gasteiger partial charge in [0.1, 0.15) is 0 Å². The first-order valence-electron chi connectivity index (χ1n) is 4.58. The predicted molar refractivity (Wildman–Crippen MR) is 48.4 cm³/mol. The first kappa shape index (κ1) is 10.5. The van der Waals surface area contributed by atoms with Gasteiger partial charge in [-0.25, -0.2) is 0 Å². The van der Waals surface area contributed by atoms with Crippen LogP contribution in [0.3, 0.4) is 0 Å². The molecule has 4 heteroatoms. The lowest BCUT2D eigenvalue weighted by atomic mass is 9.92. The van der Waals surface area contributed by atoms with Gasteiger partial charge in [-0.2, -0.15) is 0 Å². The van der Waals surface area contributed by atoms with E-state index in [4.69, 9.17) is 4.74 Å². The molecule has 0 saturated carbocycles. The smallest absolute Gasteiger partial charge is 0.305 e. The summed E-state index contributed by atoms with van der Waals surface area (Å²) < 4.78 is 9.91. The highest BCUT2D eigenvalue weighted by atomic mass is 16.5. The number of hydrogen-bond donors (Lipinski definition) is 1. The Morgan fingerprint density at radius 3 is 2.92 bits per heavy atom. The highest BCUT2D eigenvalue weighted by Crippen LogP contribution is 2.19. The van der Waals surface area contributed by atoms with Crippen molar-refractivity contribution < 1.29 is 14.3 Å². The van der Waals surface area contributed by atoms with Gasteiger partial charge in [-0.15, -0.1) is 0 Å². The quantitative estimate of drug-likeness (QED) is 0.640. The monoisotopic (exact) mass is 187 g/mol. The summed E-state index contributed by atoms with van der Waals surface area (Å²) in [5, 5.41) is 3.23. The average molecular weight is 187 g/mol. The Morgan fingerprint density at radius 2 is 2.31 bits per heavy atom. The summed E-state index contributed by atoms with van der Waals surface area (Å²) in [5.41, 5.74) is 0. The van der Waals surface area contributed by atoms with Gasteiger partial charge >= 0.3 is 5.97 Å². The first-order valence-corrected chi connectivity index (χ1v) is 4.58. The van der Waals surface area contributed by atoms with Gasteiger partial charge in [-0.05, 0) is 18.9 Å². The Hall–Kier alpha value is -0.610. The Morgan fingerprint density at radius 1 is 1.54 bits per heavy atom. The summed E-state index contributed by atoms with van der Waals surface area (Å²) in [6.45, 7) is 1.79. The molecule has 1 rings (SSSR count). The predicted octanol–water partition coefficient (Wildman–Crippen LogP) is 0.174. The van der Waals surface area contributed by atoms with Crippen LogP contribution in [0.1, 0.15) is 12.8 Å². The van der Waals surface area contributed by atoms with E-state index in [2.05, 4.69) is 10.1 Å². The van der Waals surface area contributed by atoms with Crippen LogP contribution in [0.15, 0.2) is 0 Å². The van der Waals surface area contributed by atoms with Crippen molar-refractivity contribution in [2.45, 2.75) is 18.9 Å². The molecule has 2 atom stereocenters. The van der Waals surface area contributed by atoms with Gasteiger partial charge in [0, 0.05) is 13.7 Å². The van der Waals surface area contributed by atoms with Crippen molar-refractivity contribution in [1.29, 1.82) is 0 Å². The Labute approximate surface area is 78.6 Å². The van der Waals surface area contributed by atoms with E-state index < -0.39 is 0 Å². The summed E-state index contributed by atoms with van der Waals surface area (Å²) in [7, 11) is 3.10. The molecule has 1 N–H and O–H groups in total. The molecule has 1 heterocycles. The SMILES string of the molecule is COC(=O)C[C@H]1CCNC[C@@H]1OC. The molecular formula is C9H17NO3. The van der Waals surface area contributed by atoms with Crippen molar-refractivity contribution in [2.24, 2.45) is 5.92 Å². The van der Waals surface area contributed by atoms with Gasteiger partial charge in [-0.3, -0.25) is 4.79 Å². The Kier molecular flexibility index (Phi) is 4.18. The van der Waals surface area contributed by atoms with E-state index in [1.807, 2.05) is 0 Å². The molecule has 0 bridgehead atoms. The number of piperidine rings is 1. The minimum absolute atomic E-state index is 0.144. The molecule has 0 aromatic carbocycles. The molecule has 1 fully saturated rings. The second-order valence-electron chi connectivity index (χ2n) is 3.31. The van der Waals surface area contributed by atoms with Crippen LogP contribution in [0.4, 0.5) is 0 Å². The highest BCUT2D eigenvalue weighted by Gasteiger charge is 2.26. The zero-order chi connectivity index (χ0) is 9.68. The molecule has 1 aliphatic rings. The topological polar surface area (TPSA) is 47.6 Å². The number of esters is 1. The maximum Gasteiger partial charge on any atom is 0.305 e. The van der Waals surface area contributed by atoms with E-state index in [0.717, 1.165) is 19.5 Å². The number of methoxy groups -OCH3 is 2. The van der Waals surface area contributed by atoms with Crippen LogP contribution in [0.25, 0.3) is 0 Å². The van der Waals surface area contributed by atoms with Crippen molar-refractivity contribution in [2.75, 3.05) is 27.3 Å². The molecule has 13 heavy (non-hydrogen) atoms. The number of carbonyl (C=O) groups is 1. The van der Waals surface area contributed by atoms with E-state index in [0.29, 0.717) is 12.3 Å². The molecule has 0 aromatic rings. The molecule has 1 saturated heterocycles. The molecule has 0 aromatic heterocycles. The minimum atomic E-state index is -0.144. The van der Waals surface area contributed by atoms with Crippen LogP contribution in [0.5, 0.6) is 0 Å². The summed E-state index contributed by atoms with van der Waals surface area (Å²) in [5.74, 6) is 0.160. The fraction of sp³-hybridized carbons (Fsp3) is 0.889. The third kappa shape index (κ3) is 2.97. The number of carbonyl (C=O) groups excluding carboxylic acids is 1. The molecule has 0 unspecified atom stereocenters. The lowest BCUT2D eigenvalue weighted by Gasteiger charge is -2.30. The van der Waals surface area contributed by atoms with Crippen molar-refractivity contribution in [1.82, 2.24) is 5.32 Å². The molecule has 0 radical (unpaired) electrons. The second kappa shape index (κ2) is 5.19. The van der Waals surface area contributed by atoms with Gasteiger partial charge in [-0.1, -0.05) is 0 Å². The highest BCUT2D eigenvalue weighted by molar-refractivity contribution is 5.69. The van der Waals surface area contributed by atoms with Crippen LogP contribution < -0.4 is 5.32 Å². The van der Waals surface area contributed by atoms with Crippen molar-refractivity contribution >= 4 is 5.97 Å². The fourth-order valence-electron chi connectivity index (χ4n) is 1.69. The summed E-state index contributed by atoms with van der Waals surface area (Å²) in [6, 6.07) is 0. The van der Waals surface area contributed by atoms with Crippen LogP contribution in [0.2, 0.25) is 0 Å². The van der Waals surface area contributed by atoms with Gasteiger partial charge in [0.05, 0.1) is 19.6 Å². The third-order valence-corrected chi connectivity index (χ3v) is 2.52. The molecule has 76 valence electrons. The summed E-state index contributed by atoms with van der Waals surface area (Å²) >= 11 is 0. The Bertz CT molecular complexity index is 172. The van der Waals surface area contributed by atoms with E-state index in [1.54, 1.807) is 7.11 Å². The van der Waals surface area contributed by atoms with E-state index >= 15 is 0 Å². The van der Waals surface area contributed by atoms with Crippen molar-refractivity contribution in [3.63, 3.8) is 0 Å². The maximum absolute atomic E-state index is 11.0. The van der Waals surface area contributed by atoms with Gasteiger partial charge in [0.25, 0.3) is 0 Å². The molecule has 4 nitrogen and oxygen atoms in total.